The zero-order valence-corrected chi connectivity index (χ0v) is 18.7. The van der Waals surface area contributed by atoms with Crippen LogP contribution in [0.2, 0.25) is 0 Å². The van der Waals surface area contributed by atoms with E-state index in [4.69, 9.17) is 9.47 Å². The van der Waals surface area contributed by atoms with E-state index < -0.39 is 5.97 Å². The van der Waals surface area contributed by atoms with E-state index in [0.717, 1.165) is 42.6 Å². The predicted octanol–water partition coefficient (Wildman–Crippen LogP) is 5.27. The number of nitrogens with zero attached hydrogens (tertiary/aromatic N) is 1. The lowest BCUT2D eigenvalue weighted by Gasteiger charge is -2.32. The number of benzene rings is 2. The lowest BCUT2D eigenvalue weighted by Crippen LogP contribution is -2.37. The van der Waals surface area contributed by atoms with E-state index in [1.165, 1.54) is 13.5 Å². The van der Waals surface area contributed by atoms with E-state index in [0.29, 0.717) is 23.5 Å². The highest BCUT2D eigenvalue weighted by atomic mass is 16.5. The lowest BCUT2D eigenvalue weighted by molar-refractivity contribution is -0.136. The Morgan fingerprint density at radius 3 is 2.38 bits per heavy atom. The van der Waals surface area contributed by atoms with Crippen LogP contribution in [-0.4, -0.2) is 29.9 Å². The fourth-order valence-electron chi connectivity index (χ4n) is 4.54. The molecule has 0 spiro atoms. The van der Waals surface area contributed by atoms with Gasteiger partial charge in [0.2, 0.25) is 0 Å². The largest absolute Gasteiger partial charge is 0.489 e. The van der Waals surface area contributed by atoms with Crippen LogP contribution in [0.15, 0.2) is 71.4 Å². The molecule has 0 saturated heterocycles. The molecule has 1 saturated carbocycles. The molecule has 32 heavy (non-hydrogen) atoms. The lowest BCUT2D eigenvalue weighted by atomic mass is 9.94. The number of allylic oxidation sites excluding steroid dienone is 1. The summed E-state index contributed by atoms with van der Waals surface area (Å²) in [7, 11) is 1.35. The van der Waals surface area contributed by atoms with Crippen molar-refractivity contribution in [1.82, 2.24) is 4.90 Å². The van der Waals surface area contributed by atoms with Crippen molar-refractivity contribution in [2.45, 2.75) is 51.7 Å². The summed E-state index contributed by atoms with van der Waals surface area (Å²) >= 11 is 0. The van der Waals surface area contributed by atoms with Crippen LogP contribution in [0.4, 0.5) is 0 Å². The molecule has 4 rings (SSSR count). The van der Waals surface area contributed by atoms with Crippen LogP contribution in [0.5, 0.6) is 5.75 Å². The van der Waals surface area contributed by atoms with Gasteiger partial charge in [-0.15, -0.1) is 0 Å². The van der Waals surface area contributed by atoms with E-state index in [9.17, 15) is 9.59 Å². The molecule has 1 aliphatic carbocycles. The van der Waals surface area contributed by atoms with E-state index in [-0.39, 0.29) is 11.9 Å². The maximum absolute atomic E-state index is 13.4. The first-order chi connectivity index (χ1) is 15.6. The molecule has 1 fully saturated rings. The molecule has 2 aliphatic rings. The number of hydrogen-bond donors (Lipinski definition) is 0. The molecule has 2 aromatic carbocycles. The smallest absolute Gasteiger partial charge is 0.340 e. The second kappa shape index (κ2) is 9.86. The first-order valence-electron chi connectivity index (χ1n) is 11.2. The Hall–Kier alpha value is -3.34. The van der Waals surface area contributed by atoms with Crippen LogP contribution in [0.25, 0.3) is 6.08 Å². The number of rotatable bonds is 6. The molecule has 166 valence electrons. The number of amides is 1. The zero-order chi connectivity index (χ0) is 22.5. The first kappa shape index (κ1) is 21.9. The van der Waals surface area contributed by atoms with Crippen molar-refractivity contribution in [2.75, 3.05) is 7.11 Å². The highest BCUT2D eigenvalue weighted by Crippen LogP contribution is 2.37. The maximum atomic E-state index is 13.4. The van der Waals surface area contributed by atoms with Crippen LogP contribution in [0.3, 0.4) is 0 Å². The molecule has 1 aliphatic heterocycles. The van der Waals surface area contributed by atoms with Crippen molar-refractivity contribution in [2.24, 2.45) is 0 Å². The Bertz CT molecular complexity index is 1030. The van der Waals surface area contributed by atoms with Crippen molar-refractivity contribution in [3.05, 3.63) is 82.6 Å². The number of ether oxygens (including phenoxy) is 2. The van der Waals surface area contributed by atoms with E-state index in [1.807, 2.05) is 66.4 Å². The van der Waals surface area contributed by atoms with Gasteiger partial charge in [0.1, 0.15) is 12.4 Å². The van der Waals surface area contributed by atoms with Gasteiger partial charge in [0.05, 0.1) is 18.3 Å². The Kier molecular flexibility index (Phi) is 6.74. The van der Waals surface area contributed by atoms with Gasteiger partial charge in [-0.05, 0) is 49.1 Å². The Labute approximate surface area is 189 Å². The first-order valence-corrected chi connectivity index (χ1v) is 11.2. The van der Waals surface area contributed by atoms with Crippen molar-refractivity contribution >= 4 is 18.0 Å². The fourth-order valence-corrected chi connectivity index (χ4v) is 4.54. The van der Waals surface area contributed by atoms with Crippen molar-refractivity contribution in [3.63, 3.8) is 0 Å². The van der Waals surface area contributed by atoms with Crippen molar-refractivity contribution in [1.29, 1.82) is 0 Å². The minimum absolute atomic E-state index is 0.112. The van der Waals surface area contributed by atoms with Gasteiger partial charge in [0.25, 0.3) is 5.91 Å². The van der Waals surface area contributed by atoms with Gasteiger partial charge in [0, 0.05) is 11.7 Å². The molecule has 0 radical (unpaired) electrons. The Morgan fingerprint density at radius 1 is 1.03 bits per heavy atom. The summed E-state index contributed by atoms with van der Waals surface area (Å²) < 4.78 is 10.9. The fraction of sp³-hybridized carbons (Fsp3) is 0.333. The topological polar surface area (TPSA) is 55.8 Å². The summed E-state index contributed by atoms with van der Waals surface area (Å²) in [6.45, 7) is 2.34. The summed E-state index contributed by atoms with van der Waals surface area (Å²) in [4.78, 5) is 27.7. The standard InChI is InChI=1S/C27H29NO4/c1-19-25(27(30)31-2)24(26(29)28(19)22-11-7-4-8-12-22)17-20-13-15-23(16-14-20)32-18-21-9-5-3-6-10-21/h3,5-6,9-10,13-17,22H,4,7-8,11-12,18H2,1-2H3/b24-17-. The van der Waals surface area contributed by atoms with Crippen molar-refractivity contribution in [3.8, 4) is 5.75 Å². The number of methoxy groups -OCH3 is 1. The monoisotopic (exact) mass is 431 g/mol. The average Bonchev–Trinajstić information content (AvgIpc) is 3.08. The number of hydrogen-bond acceptors (Lipinski definition) is 4. The molecular weight excluding hydrogens is 402 g/mol. The summed E-state index contributed by atoms with van der Waals surface area (Å²) in [6, 6.07) is 17.7. The molecular formula is C27H29NO4. The molecule has 1 amide bonds. The van der Waals surface area contributed by atoms with Gasteiger partial charge in [-0.25, -0.2) is 4.79 Å². The van der Waals surface area contributed by atoms with Gasteiger partial charge in [-0.2, -0.15) is 0 Å². The second-order valence-electron chi connectivity index (χ2n) is 8.32. The Morgan fingerprint density at radius 2 is 1.72 bits per heavy atom. The van der Waals surface area contributed by atoms with E-state index in [1.54, 1.807) is 6.08 Å². The Balaban J connectivity index is 1.55. The van der Waals surface area contributed by atoms with Crippen molar-refractivity contribution < 1.29 is 19.1 Å². The molecule has 2 aromatic rings. The molecule has 0 atom stereocenters. The third-order valence-electron chi connectivity index (χ3n) is 6.21. The summed E-state index contributed by atoms with van der Waals surface area (Å²) in [5.74, 6) is 0.167. The zero-order valence-electron chi connectivity index (χ0n) is 18.7. The average molecular weight is 432 g/mol. The molecule has 0 bridgehead atoms. The van der Waals surface area contributed by atoms with Gasteiger partial charge in [0.15, 0.2) is 0 Å². The van der Waals surface area contributed by atoms with Crippen LogP contribution in [0, 0.1) is 0 Å². The minimum atomic E-state index is -0.469. The second-order valence-corrected chi connectivity index (χ2v) is 8.32. The van der Waals surface area contributed by atoms with Crippen LogP contribution >= 0.6 is 0 Å². The molecule has 0 N–H and O–H groups in total. The molecule has 5 heteroatoms. The van der Waals surface area contributed by atoms with Crippen LogP contribution < -0.4 is 4.74 Å². The predicted molar refractivity (Wildman–Crippen MR) is 124 cm³/mol. The molecule has 0 aromatic heterocycles. The highest BCUT2D eigenvalue weighted by molar-refractivity contribution is 6.16. The van der Waals surface area contributed by atoms with E-state index in [2.05, 4.69) is 0 Å². The third kappa shape index (κ3) is 4.62. The number of carbonyl (C=O) groups excluding carboxylic acids is 2. The van der Waals surface area contributed by atoms with Gasteiger partial charge in [-0.1, -0.05) is 61.7 Å². The SMILES string of the molecule is COC(=O)C1=C(C)N(C2CCCCC2)C(=O)/C1=C\c1ccc(OCc2ccccc2)cc1. The van der Waals surface area contributed by atoms with Gasteiger partial charge in [-0.3, -0.25) is 4.79 Å². The van der Waals surface area contributed by atoms with Crippen LogP contribution in [0.1, 0.15) is 50.2 Å². The molecule has 5 nitrogen and oxygen atoms in total. The molecule has 0 unspecified atom stereocenters. The van der Waals surface area contributed by atoms with E-state index >= 15 is 0 Å². The number of carbonyl (C=O) groups is 2. The van der Waals surface area contributed by atoms with Gasteiger partial charge < -0.3 is 14.4 Å². The maximum Gasteiger partial charge on any atom is 0.340 e. The highest BCUT2D eigenvalue weighted by Gasteiger charge is 2.40. The summed E-state index contributed by atoms with van der Waals surface area (Å²) in [6.07, 6.45) is 7.14. The normalized spacial score (nSPS) is 18.4. The summed E-state index contributed by atoms with van der Waals surface area (Å²) in [5.41, 5.74) is 3.40. The third-order valence-corrected chi connectivity index (χ3v) is 6.21. The summed E-state index contributed by atoms with van der Waals surface area (Å²) in [5, 5.41) is 0. The molecule has 1 heterocycles. The van der Waals surface area contributed by atoms with Crippen LogP contribution in [-0.2, 0) is 20.9 Å². The minimum Gasteiger partial charge on any atom is -0.489 e. The van der Waals surface area contributed by atoms with Gasteiger partial charge >= 0.3 is 5.97 Å². The quantitative estimate of drug-likeness (QED) is 0.462. The number of esters is 1.